The van der Waals surface area contributed by atoms with E-state index in [9.17, 15) is 4.79 Å². The summed E-state index contributed by atoms with van der Waals surface area (Å²) in [5, 5.41) is 17.8. The predicted molar refractivity (Wildman–Crippen MR) is 50.6 cm³/mol. The van der Waals surface area contributed by atoms with Crippen LogP contribution in [0.4, 0.5) is 0 Å². The van der Waals surface area contributed by atoms with E-state index in [2.05, 4.69) is 0 Å². The average molecular weight is 189 g/mol. The minimum absolute atomic E-state index is 0.0208. The van der Waals surface area contributed by atoms with Crippen molar-refractivity contribution in [3.05, 3.63) is 0 Å². The topological polar surface area (TPSA) is 60.8 Å². The molecule has 0 bridgehead atoms. The molecule has 0 fully saturated rings. The standard InChI is InChI=1S/C9H19NO3/c1-6(2)8(9(12)13)10(4)7(3)5-11/h6-8,11H,5H2,1-4H3,(H,12,13). The number of rotatable bonds is 5. The molecule has 4 heteroatoms. The van der Waals surface area contributed by atoms with Crippen LogP contribution >= 0.6 is 0 Å². The van der Waals surface area contributed by atoms with E-state index in [-0.39, 0.29) is 18.6 Å². The van der Waals surface area contributed by atoms with Gasteiger partial charge in [0.1, 0.15) is 6.04 Å². The summed E-state index contributed by atoms with van der Waals surface area (Å²) >= 11 is 0. The van der Waals surface area contributed by atoms with Crippen molar-refractivity contribution in [2.75, 3.05) is 13.7 Å². The van der Waals surface area contributed by atoms with Gasteiger partial charge in [0.25, 0.3) is 0 Å². The number of carboxylic acid groups (broad SMARTS) is 1. The number of hydrogen-bond donors (Lipinski definition) is 2. The molecular weight excluding hydrogens is 170 g/mol. The molecule has 0 spiro atoms. The van der Waals surface area contributed by atoms with Crippen molar-refractivity contribution in [3.63, 3.8) is 0 Å². The third kappa shape index (κ3) is 3.32. The SMILES string of the molecule is CC(C)C(C(=O)O)N(C)C(C)CO. The number of likely N-dealkylation sites (N-methyl/N-ethyl adjacent to an activating group) is 1. The number of aliphatic hydroxyl groups is 1. The monoisotopic (exact) mass is 189 g/mol. The Morgan fingerprint density at radius 1 is 1.38 bits per heavy atom. The lowest BCUT2D eigenvalue weighted by Crippen LogP contribution is -2.47. The van der Waals surface area contributed by atoms with Crippen LogP contribution in [-0.4, -0.2) is 46.8 Å². The van der Waals surface area contributed by atoms with Gasteiger partial charge in [-0.2, -0.15) is 0 Å². The highest BCUT2D eigenvalue weighted by Crippen LogP contribution is 2.12. The van der Waals surface area contributed by atoms with Gasteiger partial charge in [0.2, 0.25) is 0 Å². The van der Waals surface area contributed by atoms with Crippen LogP contribution in [0.25, 0.3) is 0 Å². The molecule has 4 nitrogen and oxygen atoms in total. The Hall–Kier alpha value is -0.610. The van der Waals surface area contributed by atoms with Crippen molar-refractivity contribution >= 4 is 5.97 Å². The summed E-state index contributed by atoms with van der Waals surface area (Å²) in [7, 11) is 1.72. The summed E-state index contributed by atoms with van der Waals surface area (Å²) in [5.41, 5.74) is 0. The maximum atomic E-state index is 10.9. The molecule has 0 aromatic rings. The van der Waals surface area contributed by atoms with Crippen LogP contribution in [0.15, 0.2) is 0 Å². The molecule has 2 atom stereocenters. The van der Waals surface area contributed by atoms with Crippen molar-refractivity contribution in [2.24, 2.45) is 5.92 Å². The van der Waals surface area contributed by atoms with Crippen LogP contribution < -0.4 is 0 Å². The first-order chi connectivity index (χ1) is 5.91. The van der Waals surface area contributed by atoms with Crippen molar-refractivity contribution in [2.45, 2.75) is 32.9 Å². The Morgan fingerprint density at radius 2 is 1.85 bits per heavy atom. The van der Waals surface area contributed by atoms with E-state index >= 15 is 0 Å². The molecule has 0 aliphatic rings. The number of hydrogen-bond acceptors (Lipinski definition) is 3. The Labute approximate surface area is 79.2 Å². The molecule has 0 aliphatic carbocycles. The molecule has 0 aromatic heterocycles. The zero-order valence-corrected chi connectivity index (χ0v) is 8.69. The highest BCUT2D eigenvalue weighted by Gasteiger charge is 2.28. The first kappa shape index (κ1) is 12.4. The Kier molecular flexibility index (Phi) is 4.95. The minimum Gasteiger partial charge on any atom is -0.480 e. The van der Waals surface area contributed by atoms with Crippen molar-refractivity contribution in [1.82, 2.24) is 4.90 Å². The predicted octanol–water partition coefficient (Wildman–Crippen LogP) is 0.408. The van der Waals surface area contributed by atoms with Crippen LogP contribution in [0.2, 0.25) is 0 Å². The second-order valence-corrected chi connectivity index (χ2v) is 3.72. The molecule has 0 aromatic carbocycles. The molecule has 78 valence electrons. The summed E-state index contributed by atoms with van der Waals surface area (Å²) in [6, 6.07) is -0.648. The number of aliphatic carboxylic acids is 1. The van der Waals surface area contributed by atoms with E-state index in [1.807, 2.05) is 13.8 Å². The highest BCUT2D eigenvalue weighted by molar-refractivity contribution is 5.73. The third-order valence-corrected chi connectivity index (χ3v) is 2.28. The molecule has 0 amide bonds. The first-order valence-corrected chi connectivity index (χ1v) is 4.47. The second-order valence-electron chi connectivity index (χ2n) is 3.72. The molecule has 2 unspecified atom stereocenters. The number of aliphatic hydroxyl groups excluding tert-OH is 1. The molecule has 0 aliphatic heterocycles. The van der Waals surface area contributed by atoms with Gasteiger partial charge in [0.05, 0.1) is 6.61 Å². The quantitative estimate of drug-likeness (QED) is 0.657. The molecule has 0 rings (SSSR count). The Balaban J connectivity index is 4.45. The van der Waals surface area contributed by atoms with Gasteiger partial charge in [-0.1, -0.05) is 13.8 Å². The van der Waals surface area contributed by atoms with Crippen LogP contribution in [0.1, 0.15) is 20.8 Å². The van der Waals surface area contributed by atoms with E-state index in [1.54, 1.807) is 18.9 Å². The fourth-order valence-corrected chi connectivity index (χ4v) is 1.33. The molecule has 13 heavy (non-hydrogen) atoms. The molecule has 0 heterocycles. The summed E-state index contributed by atoms with van der Waals surface area (Å²) < 4.78 is 0. The van der Waals surface area contributed by atoms with Crippen molar-refractivity contribution < 1.29 is 15.0 Å². The lowest BCUT2D eigenvalue weighted by atomic mass is 10.0. The van der Waals surface area contributed by atoms with Crippen LogP contribution in [0.5, 0.6) is 0 Å². The summed E-state index contributed by atoms with van der Waals surface area (Å²) in [6.07, 6.45) is 0. The molecule has 2 N–H and O–H groups in total. The first-order valence-electron chi connectivity index (χ1n) is 4.47. The van der Waals surface area contributed by atoms with E-state index < -0.39 is 12.0 Å². The molecule has 0 radical (unpaired) electrons. The summed E-state index contributed by atoms with van der Waals surface area (Å²) in [4.78, 5) is 12.6. The van der Waals surface area contributed by atoms with Gasteiger partial charge in [0, 0.05) is 6.04 Å². The van der Waals surface area contributed by atoms with Gasteiger partial charge >= 0.3 is 5.97 Å². The fourth-order valence-electron chi connectivity index (χ4n) is 1.33. The van der Waals surface area contributed by atoms with E-state index in [0.29, 0.717) is 0 Å². The Bertz CT molecular complexity index is 170. The minimum atomic E-state index is -0.835. The Morgan fingerprint density at radius 3 is 2.08 bits per heavy atom. The number of carbonyl (C=O) groups is 1. The third-order valence-electron chi connectivity index (χ3n) is 2.28. The largest absolute Gasteiger partial charge is 0.480 e. The molecular formula is C9H19NO3. The van der Waals surface area contributed by atoms with Gasteiger partial charge in [-0.3, -0.25) is 9.69 Å². The fraction of sp³-hybridized carbons (Fsp3) is 0.889. The summed E-state index contributed by atoms with van der Waals surface area (Å²) in [5.74, 6) is -0.797. The molecule has 0 saturated carbocycles. The van der Waals surface area contributed by atoms with E-state index in [0.717, 1.165) is 0 Å². The second kappa shape index (κ2) is 5.19. The van der Waals surface area contributed by atoms with Crippen LogP contribution in [-0.2, 0) is 4.79 Å². The van der Waals surface area contributed by atoms with Crippen molar-refractivity contribution in [3.8, 4) is 0 Å². The number of nitrogens with zero attached hydrogens (tertiary/aromatic N) is 1. The maximum Gasteiger partial charge on any atom is 0.321 e. The normalized spacial score (nSPS) is 16.2. The smallest absolute Gasteiger partial charge is 0.321 e. The lowest BCUT2D eigenvalue weighted by Gasteiger charge is -2.31. The lowest BCUT2D eigenvalue weighted by molar-refractivity contribution is -0.145. The summed E-state index contributed by atoms with van der Waals surface area (Å²) in [6.45, 7) is 5.50. The van der Waals surface area contributed by atoms with Gasteiger partial charge in [-0.25, -0.2) is 0 Å². The van der Waals surface area contributed by atoms with Gasteiger partial charge in [0.15, 0.2) is 0 Å². The number of carboxylic acids is 1. The maximum absolute atomic E-state index is 10.9. The van der Waals surface area contributed by atoms with E-state index in [1.165, 1.54) is 0 Å². The van der Waals surface area contributed by atoms with Gasteiger partial charge in [-0.05, 0) is 19.9 Å². The van der Waals surface area contributed by atoms with Crippen LogP contribution in [0.3, 0.4) is 0 Å². The van der Waals surface area contributed by atoms with Crippen molar-refractivity contribution in [1.29, 1.82) is 0 Å². The zero-order chi connectivity index (χ0) is 10.6. The van der Waals surface area contributed by atoms with Gasteiger partial charge < -0.3 is 10.2 Å². The van der Waals surface area contributed by atoms with Gasteiger partial charge in [-0.15, -0.1) is 0 Å². The van der Waals surface area contributed by atoms with E-state index in [4.69, 9.17) is 10.2 Å². The highest BCUT2D eigenvalue weighted by atomic mass is 16.4. The average Bonchev–Trinajstić information content (AvgIpc) is 2.01. The zero-order valence-electron chi connectivity index (χ0n) is 8.69. The molecule has 0 saturated heterocycles. The van der Waals surface area contributed by atoms with Crippen LogP contribution in [0, 0.1) is 5.92 Å².